The van der Waals surface area contributed by atoms with Crippen LogP contribution in [0.1, 0.15) is 24.8 Å². The van der Waals surface area contributed by atoms with Gasteiger partial charge in [-0.2, -0.15) is 11.3 Å². The summed E-state index contributed by atoms with van der Waals surface area (Å²) < 4.78 is 0. The Balaban J connectivity index is 1.47. The molecule has 0 aromatic carbocycles. The Kier molecular flexibility index (Phi) is 4.38. The molecule has 2 heterocycles. The smallest absolute Gasteiger partial charge is 0.225 e. The van der Waals surface area contributed by atoms with Crippen LogP contribution in [0.4, 0.5) is 0 Å². The van der Waals surface area contributed by atoms with Crippen LogP contribution >= 0.6 is 11.3 Å². The third-order valence-corrected chi connectivity index (χ3v) is 5.22. The second-order valence-electron chi connectivity index (χ2n) is 6.00. The van der Waals surface area contributed by atoms with E-state index in [1.54, 1.807) is 11.3 Å². The average molecular weight is 293 g/mol. The van der Waals surface area contributed by atoms with Crippen LogP contribution in [0.5, 0.6) is 0 Å². The summed E-state index contributed by atoms with van der Waals surface area (Å²) in [5.41, 5.74) is 7.30. The van der Waals surface area contributed by atoms with Crippen molar-refractivity contribution in [1.82, 2.24) is 9.80 Å². The second kappa shape index (κ2) is 6.24. The highest BCUT2D eigenvalue weighted by molar-refractivity contribution is 7.07. The molecule has 2 unspecified atom stereocenters. The van der Waals surface area contributed by atoms with E-state index in [0.717, 1.165) is 52.0 Å². The molecular formula is C15H23N3OS. The number of rotatable bonds is 3. The van der Waals surface area contributed by atoms with E-state index in [1.807, 2.05) is 4.90 Å². The number of nitrogens with two attached hydrogens (primary N) is 1. The van der Waals surface area contributed by atoms with Crippen molar-refractivity contribution >= 4 is 17.2 Å². The van der Waals surface area contributed by atoms with Crippen LogP contribution in [0, 0.1) is 5.92 Å². The molecule has 2 aliphatic rings. The van der Waals surface area contributed by atoms with Gasteiger partial charge in [-0.1, -0.05) is 0 Å². The molecule has 5 heteroatoms. The van der Waals surface area contributed by atoms with Crippen LogP contribution in [-0.2, 0) is 11.3 Å². The van der Waals surface area contributed by atoms with Crippen molar-refractivity contribution in [2.24, 2.45) is 11.7 Å². The van der Waals surface area contributed by atoms with Crippen LogP contribution in [-0.4, -0.2) is 47.9 Å². The van der Waals surface area contributed by atoms with E-state index in [-0.39, 0.29) is 12.0 Å². The molecule has 4 nitrogen and oxygen atoms in total. The standard InChI is InChI=1S/C15H23N3OS/c16-14-2-1-13(9-14)15(19)18-6-4-17(5-7-18)10-12-3-8-20-11-12/h3,8,11,13-14H,1-2,4-7,9-10,16H2. The van der Waals surface area contributed by atoms with Gasteiger partial charge in [-0.05, 0) is 41.7 Å². The Morgan fingerprint density at radius 2 is 2.10 bits per heavy atom. The second-order valence-corrected chi connectivity index (χ2v) is 6.78. The predicted molar refractivity (Wildman–Crippen MR) is 81.5 cm³/mol. The Morgan fingerprint density at radius 3 is 2.70 bits per heavy atom. The van der Waals surface area contributed by atoms with E-state index in [0.29, 0.717) is 5.91 Å². The lowest BCUT2D eigenvalue weighted by atomic mass is 10.1. The molecule has 110 valence electrons. The van der Waals surface area contributed by atoms with Crippen molar-refractivity contribution in [3.63, 3.8) is 0 Å². The van der Waals surface area contributed by atoms with Crippen molar-refractivity contribution < 1.29 is 4.79 Å². The van der Waals surface area contributed by atoms with Crippen LogP contribution in [0.2, 0.25) is 0 Å². The zero-order valence-corrected chi connectivity index (χ0v) is 12.6. The van der Waals surface area contributed by atoms with E-state index in [2.05, 4.69) is 21.7 Å². The predicted octanol–water partition coefficient (Wildman–Crippen LogP) is 1.52. The highest BCUT2D eigenvalue weighted by atomic mass is 32.1. The van der Waals surface area contributed by atoms with E-state index in [9.17, 15) is 4.79 Å². The Hall–Kier alpha value is -0.910. The molecule has 0 radical (unpaired) electrons. The molecule has 1 aliphatic carbocycles. The maximum atomic E-state index is 12.4. The van der Waals surface area contributed by atoms with Crippen LogP contribution < -0.4 is 5.73 Å². The zero-order chi connectivity index (χ0) is 13.9. The van der Waals surface area contributed by atoms with Gasteiger partial charge in [0.1, 0.15) is 0 Å². The number of amides is 1. The highest BCUT2D eigenvalue weighted by Gasteiger charge is 2.32. The normalized spacial score (nSPS) is 27.9. The van der Waals surface area contributed by atoms with E-state index in [4.69, 9.17) is 5.73 Å². The topological polar surface area (TPSA) is 49.6 Å². The fourth-order valence-corrected chi connectivity index (χ4v) is 3.93. The minimum absolute atomic E-state index is 0.188. The molecule has 0 bridgehead atoms. The first-order chi connectivity index (χ1) is 9.72. The van der Waals surface area contributed by atoms with Crippen LogP contribution in [0.3, 0.4) is 0 Å². The largest absolute Gasteiger partial charge is 0.340 e. The van der Waals surface area contributed by atoms with Gasteiger partial charge in [0, 0.05) is 44.7 Å². The Labute approximate surface area is 124 Å². The summed E-state index contributed by atoms with van der Waals surface area (Å²) in [6.45, 7) is 4.73. The average Bonchev–Trinajstić information content (AvgIpc) is 3.10. The summed E-state index contributed by atoms with van der Waals surface area (Å²) in [4.78, 5) is 16.9. The monoisotopic (exact) mass is 293 g/mol. The fourth-order valence-electron chi connectivity index (χ4n) is 3.27. The molecule has 1 aromatic rings. The Bertz CT molecular complexity index is 440. The summed E-state index contributed by atoms with van der Waals surface area (Å²) in [5.74, 6) is 0.529. The summed E-state index contributed by atoms with van der Waals surface area (Å²) in [5, 5.41) is 4.33. The maximum absolute atomic E-state index is 12.4. The number of carbonyl (C=O) groups is 1. The van der Waals surface area contributed by atoms with Gasteiger partial charge in [0.15, 0.2) is 0 Å². The summed E-state index contributed by atoms with van der Waals surface area (Å²) in [7, 11) is 0. The number of nitrogens with zero attached hydrogens (tertiary/aromatic N) is 2. The van der Waals surface area contributed by atoms with Gasteiger partial charge in [0.2, 0.25) is 5.91 Å². The van der Waals surface area contributed by atoms with Crippen molar-refractivity contribution in [2.75, 3.05) is 26.2 Å². The summed E-state index contributed by atoms with van der Waals surface area (Å²) >= 11 is 1.75. The van der Waals surface area contributed by atoms with Crippen molar-refractivity contribution in [3.05, 3.63) is 22.4 Å². The lowest BCUT2D eigenvalue weighted by Gasteiger charge is -2.35. The van der Waals surface area contributed by atoms with Gasteiger partial charge < -0.3 is 10.6 Å². The molecule has 2 N–H and O–H groups in total. The first kappa shape index (κ1) is 14.0. The number of piperazine rings is 1. The van der Waals surface area contributed by atoms with E-state index >= 15 is 0 Å². The lowest BCUT2D eigenvalue weighted by molar-refractivity contribution is -0.137. The fraction of sp³-hybridized carbons (Fsp3) is 0.667. The minimum Gasteiger partial charge on any atom is -0.340 e. The zero-order valence-electron chi connectivity index (χ0n) is 11.8. The molecule has 1 amide bonds. The molecule has 1 saturated carbocycles. The number of hydrogen-bond acceptors (Lipinski definition) is 4. The molecular weight excluding hydrogens is 270 g/mol. The van der Waals surface area contributed by atoms with Gasteiger partial charge in [-0.3, -0.25) is 9.69 Å². The molecule has 1 aliphatic heterocycles. The number of hydrogen-bond donors (Lipinski definition) is 1. The molecule has 1 saturated heterocycles. The lowest BCUT2D eigenvalue weighted by Crippen LogP contribution is -2.49. The quantitative estimate of drug-likeness (QED) is 0.919. The third-order valence-electron chi connectivity index (χ3n) is 4.49. The number of carbonyl (C=O) groups excluding carboxylic acids is 1. The molecule has 0 spiro atoms. The van der Waals surface area contributed by atoms with Gasteiger partial charge in [0.05, 0.1) is 0 Å². The highest BCUT2D eigenvalue weighted by Crippen LogP contribution is 2.26. The third kappa shape index (κ3) is 3.22. The van der Waals surface area contributed by atoms with Gasteiger partial charge in [-0.15, -0.1) is 0 Å². The van der Waals surface area contributed by atoms with E-state index < -0.39 is 0 Å². The molecule has 3 rings (SSSR count). The SMILES string of the molecule is NC1CCC(C(=O)N2CCN(Cc3ccsc3)CC2)C1. The van der Waals surface area contributed by atoms with Gasteiger partial charge in [-0.25, -0.2) is 0 Å². The molecule has 2 fully saturated rings. The maximum Gasteiger partial charge on any atom is 0.225 e. The van der Waals surface area contributed by atoms with Crippen molar-refractivity contribution in [3.8, 4) is 0 Å². The first-order valence-electron chi connectivity index (χ1n) is 7.50. The molecule has 1 aromatic heterocycles. The van der Waals surface area contributed by atoms with Gasteiger partial charge >= 0.3 is 0 Å². The first-order valence-corrected chi connectivity index (χ1v) is 8.44. The molecule has 2 atom stereocenters. The van der Waals surface area contributed by atoms with E-state index in [1.165, 1.54) is 5.56 Å². The van der Waals surface area contributed by atoms with Crippen LogP contribution in [0.15, 0.2) is 16.8 Å². The molecule has 20 heavy (non-hydrogen) atoms. The van der Waals surface area contributed by atoms with Crippen molar-refractivity contribution in [1.29, 1.82) is 0 Å². The summed E-state index contributed by atoms with van der Waals surface area (Å²) in [6.07, 6.45) is 2.87. The van der Waals surface area contributed by atoms with Crippen molar-refractivity contribution in [2.45, 2.75) is 31.8 Å². The summed E-state index contributed by atoms with van der Waals surface area (Å²) in [6, 6.07) is 2.42. The van der Waals surface area contributed by atoms with Crippen LogP contribution in [0.25, 0.3) is 0 Å². The minimum atomic E-state index is 0.188. The van der Waals surface area contributed by atoms with Gasteiger partial charge in [0.25, 0.3) is 0 Å². The Morgan fingerprint density at radius 1 is 1.30 bits per heavy atom. The number of thiophene rings is 1.